The van der Waals surface area contributed by atoms with Crippen molar-refractivity contribution in [1.82, 2.24) is 0 Å². The van der Waals surface area contributed by atoms with Crippen LogP contribution < -0.4 is 0 Å². The van der Waals surface area contributed by atoms with E-state index in [9.17, 15) is 5.11 Å². The number of fused-ring (bicyclic) bond motifs is 1. The van der Waals surface area contributed by atoms with E-state index < -0.39 is 18.2 Å². The predicted molar refractivity (Wildman–Crippen MR) is 96.6 cm³/mol. The Labute approximate surface area is 199 Å². The summed E-state index contributed by atoms with van der Waals surface area (Å²) in [6, 6.07) is 0. The summed E-state index contributed by atoms with van der Waals surface area (Å²) < 4.78 is 30.3. The molecule has 0 aromatic heterocycles. The average molecular weight is 600 g/mol. The molecule has 0 spiro atoms. The molecule has 3 heterocycles. The summed E-state index contributed by atoms with van der Waals surface area (Å²) in [7, 11) is 0. The summed E-state index contributed by atoms with van der Waals surface area (Å²) in [6.07, 6.45) is -0.879. The molecule has 0 bridgehead atoms. The van der Waals surface area contributed by atoms with Crippen LogP contribution in [0.4, 0.5) is 0 Å². The number of hydrogen-bond acceptors (Lipinski definition) is 6. The van der Waals surface area contributed by atoms with Gasteiger partial charge in [-0.1, -0.05) is 27.7 Å². The Morgan fingerprint density at radius 2 is 1.70 bits per heavy atom. The van der Waals surface area contributed by atoms with Crippen LogP contribution in [0.3, 0.4) is 0 Å². The third-order valence-corrected chi connectivity index (χ3v) is 6.56. The van der Waals surface area contributed by atoms with Crippen molar-refractivity contribution in [3.05, 3.63) is 0 Å². The summed E-state index contributed by atoms with van der Waals surface area (Å²) in [6.45, 7) is 14.8. The van der Waals surface area contributed by atoms with E-state index in [2.05, 4.69) is 27.7 Å². The zero-order valence-electron chi connectivity index (χ0n) is 17.8. The molecule has 1 N–H and O–H groups in total. The van der Waals surface area contributed by atoms with E-state index in [1.54, 1.807) is 0 Å². The van der Waals surface area contributed by atoms with Gasteiger partial charge < -0.3 is 28.8 Å². The second-order valence-electron chi connectivity index (χ2n) is 8.79. The molecule has 3 aliphatic rings. The molecule has 4 unspecified atom stereocenters. The molecule has 155 valence electrons. The number of ether oxygens (including phenoxy) is 5. The summed E-state index contributed by atoms with van der Waals surface area (Å²) in [5, 5.41) is 10.8. The van der Waals surface area contributed by atoms with Crippen LogP contribution in [0.15, 0.2) is 0 Å². The van der Waals surface area contributed by atoms with Crippen molar-refractivity contribution in [1.29, 1.82) is 0 Å². The van der Waals surface area contributed by atoms with Gasteiger partial charge in [0.25, 0.3) is 0 Å². The van der Waals surface area contributed by atoms with Crippen LogP contribution in [0.25, 0.3) is 0 Å². The summed E-state index contributed by atoms with van der Waals surface area (Å²) in [5.74, 6) is -0.0455. The van der Waals surface area contributed by atoms with Crippen molar-refractivity contribution in [2.45, 2.75) is 104 Å². The van der Waals surface area contributed by atoms with Gasteiger partial charge in [-0.15, -0.1) is 0 Å². The molecule has 3 fully saturated rings. The summed E-state index contributed by atoms with van der Waals surface area (Å²) in [4.78, 5) is 0. The minimum atomic E-state index is -0.746. The minimum absolute atomic E-state index is 0. The van der Waals surface area contributed by atoms with Gasteiger partial charge >= 0.3 is 0 Å². The molecule has 0 amide bonds. The van der Waals surface area contributed by atoms with E-state index in [0.717, 1.165) is 6.42 Å². The first kappa shape index (κ1) is 24.5. The van der Waals surface area contributed by atoms with Gasteiger partial charge in [-0.25, -0.2) is 0 Å². The molecule has 3 saturated heterocycles. The molecular formula is C20H36AcO6. The fourth-order valence-electron chi connectivity index (χ4n) is 4.42. The molecule has 10 atom stereocenters. The first-order chi connectivity index (χ1) is 12.1. The third-order valence-electron chi connectivity index (χ3n) is 6.56. The number of aliphatic hydroxyl groups excluding tert-OH is 1. The zero-order chi connectivity index (χ0) is 19.2. The topological polar surface area (TPSA) is 66.4 Å². The van der Waals surface area contributed by atoms with E-state index in [0.29, 0.717) is 18.4 Å². The Morgan fingerprint density at radius 1 is 1.04 bits per heavy atom. The number of hydrogen-bond donors (Lipinski definition) is 1. The van der Waals surface area contributed by atoms with Crippen LogP contribution in [0, 0.1) is 61.8 Å². The molecule has 0 aliphatic carbocycles. The van der Waals surface area contributed by atoms with Crippen LogP contribution >= 0.6 is 0 Å². The van der Waals surface area contributed by atoms with Crippen molar-refractivity contribution >= 4 is 0 Å². The van der Waals surface area contributed by atoms with Crippen LogP contribution in [-0.2, 0) is 23.7 Å². The van der Waals surface area contributed by atoms with Crippen molar-refractivity contribution < 1.29 is 72.9 Å². The van der Waals surface area contributed by atoms with E-state index >= 15 is 0 Å². The van der Waals surface area contributed by atoms with Gasteiger partial charge in [0.1, 0.15) is 12.2 Å². The van der Waals surface area contributed by atoms with Gasteiger partial charge in [0.15, 0.2) is 12.1 Å². The van der Waals surface area contributed by atoms with Gasteiger partial charge in [0.05, 0.1) is 31.0 Å². The number of rotatable bonds is 3. The monoisotopic (exact) mass is 599 g/mol. The molecule has 3 aliphatic heterocycles. The largest absolute Gasteiger partial charge is 0.387 e. The molecule has 27 heavy (non-hydrogen) atoms. The van der Waals surface area contributed by atoms with Crippen molar-refractivity contribution in [2.75, 3.05) is 6.61 Å². The first-order valence-corrected chi connectivity index (χ1v) is 10.1. The molecule has 1 radical (unpaired) electrons. The minimum Gasteiger partial charge on any atom is -0.387 e. The van der Waals surface area contributed by atoms with Crippen LogP contribution in [0.1, 0.15) is 54.9 Å². The van der Waals surface area contributed by atoms with Gasteiger partial charge in [-0.05, 0) is 39.0 Å². The van der Waals surface area contributed by atoms with Crippen molar-refractivity contribution in [3.63, 3.8) is 0 Å². The number of aliphatic hydroxyl groups is 1. The standard InChI is InChI=1S/C20H36O6.Ac/c1-8-14-17(11(3)10(2)13(5)23-14)25-19-16(21)12(4)18-15(24-19)9-22-20(6,7)26-18;/h10-19,21H,8-9H2,1-7H3;/t10?,11-,12?,13+,14?,15+,16?,17-,18+,19-;/m1./s1. The summed E-state index contributed by atoms with van der Waals surface area (Å²) in [5.41, 5.74) is 0. The summed E-state index contributed by atoms with van der Waals surface area (Å²) >= 11 is 0. The van der Waals surface area contributed by atoms with Crippen LogP contribution in [0.5, 0.6) is 0 Å². The van der Waals surface area contributed by atoms with E-state index in [1.807, 2.05) is 20.8 Å². The Balaban J connectivity index is 0.00000261. The SMILES string of the molecule is CCC1O[C@@H](C)C(C)[C@@H](C)[C@H]1O[C@H]1O[C@H]2COC(C)(C)O[C@H]2C(C)C1O.[Ac]. The molecule has 7 heteroatoms. The normalized spacial score (nSPS) is 49.8. The first-order valence-electron chi connectivity index (χ1n) is 10.1. The molecule has 3 rings (SSSR count). The molecule has 0 aromatic rings. The predicted octanol–water partition coefficient (Wildman–Crippen LogP) is 2.71. The van der Waals surface area contributed by atoms with Crippen LogP contribution in [-0.4, -0.2) is 60.4 Å². The maximum Gasteiger partial charge on any atom is 0.184 e. The van der Waals surface area contributed by atoms with Gasteiger partial charge in [-0.3, -0.25) is 0 Å². The third kappa shape index (κ3) is 5.10. The molecule has 0 saturated carbocycles. The zero-order valence-corrected chi connectivity index (χ0v) is 22.5. The van der Waals surface area contributed by atoms with Gasteiger partial charge in [0, 0.05) is 50.0 Å². The van der Waals surface area contributed by atoms with E-state index in [4.69, 9.17) is 23.7 Å². The van der Waals surface area contributed by atoms with Gasteiger partial charge in [0.2, 0.25) is 0 Å². The van der Waals surface area contributed by atoms with Crippen molar-refractivity contribution in [3.8, 4) is 0 Å². The average Bonchev–Trinajstić information content (AvgIpc) is 2.59. The Bertz CT molecular complexity index is 485. The molecule has 6 nitrogen and oxygen atoms in total. The Kier molecular flexibility index (Phi) is 8.66. The quantitative estimate of drug-likeness (QED) is 0.539. The van der Waals surface area contributed by atoms with Crippen molar-refractivity contribution in [2.24, 2.45) is 17.8 Å². The van der Waals surface area contributed by atoms with Crippen LogP contribution in [0.2, 0.25) is 0 Å². The Morgan fingerprint density at radius 3 is 2.33 bits per heavy atom. The molecule has 0 aromatic carbocycles. The maximum absolute atomic E-state index is 10.8. The molecular weight excluding hydrogens is 563 g/mol. The second kappa shape index (κ2) is 9.56. The maximum atomic E-state index is 10.8. The van der Waals surface area contributed by atoms with Gasteiger partial charge in [-0.2, -0.15) is 0 Å². The second-order valence-corrected chi connectivity index (χ2v) is 8.79. The van der Waals surface area contributed by atoms with E-state index in [-0.39, 0.29) is 80.5 Å². The Hall–Kier alpha value is 1.20. The fourth-order valence-corrected chi connectivity index (χ4v) is 4.42. The fraction of sp³-hybridized carbons (Fsp3) is 1.00. The van der Waals surface area contributed by atoms with E-state index in [1.165, 1.54) is 0 Å². The smallest absolute Gasteiger partial charge is 0.184 e.